The first-order valence-corrected chi connectivity index (χ1v) is 6.62. The Morgan fingerprint density at radius 1 is 1.06 bits per heavy atom. The second-order valence-corrected chi connectivity index (χ2v) is 5.21. The summed E-state index contributed by atoms with van der Waals surface area (Å²) in [4.78, 5) is 0. The third kappa shape index (κ3) is 3.37. The summed E-state index contributed by atoms with van der Waals surface area (Å²) in [5, 5.41) is 0. The van der Waals surface area contributed by atoms with Crippen LogP contribution in [0.5, 0.6) is 0 Å². The van der Waals surface area contributed by atoms with Crippen LogP contribution in [0.25, 0.3) is 0 Å². The fourth-order valence-corrected chi connectivity index (χ4v) is 2.23. The summed E-state index contributed by atoms with van der Waals surface area (Å²) in [5.41, 5.74) is 5.99. The average molecular weight is 218 g/mol. The summed E-state index contributed by atoms with van der Waals surface area (Å²) in [5.74, 6) is 0.880. The van der Waals surface area contributed by atoms with E-state index in [-0.39, 0.29) is 0 Å². The first kappa shape index (κ1) is 13.3. The molecule has 0 heterocycles. The molecular formula is C16H26. The normalized spacial score (nSPS) is 12.8. The monoisotopic (exact) mass is 218 g/mol. The number of hydrogen-bond donors (Lipinski definition) is 0. The molecule has 0 saturated heterocycles. The topological polar surface area (TPSA) is 0 Å². The second kappa shape index (κ2) is 6.08. The maximum Gasteiger partial charge on any atom is -0.0273 e. The largest absolute Gasteiger partial charge is 0.0651 e. The van der Waals surface area contributed by atoms with Crippen molar-refractivity contribution in [1.82, 2.24) is 0 Å². The minimum Gasteiger partial charge on any atom is -0.0651 e. The maximum atomic E-state index is 2.36. The lowest BCUT2D eigenvalue weighted by molar-refractivity contribution is 0.495. The Hall–Kier alpha value is -0.780. The van der Waals surface area contributed by atoms with Gasteiger partial charge in [-0.2, -0.15) is 0 Å². The second-order valence-electron chi connectivity index (χ2n) is 5.21. The minimum absolute atomic E-state index is 0.880. The summed E-state index contributed by atoms with van der Waals surface area (Å²) in [6.07, 6.45) is 5.26. The summed E-state index contributed by atoms with van der Waals surface area (Å²) in [6, 6.07) is 4.50. The van der Waals surface area contributed by atoms with Gasteiger partial charge in [0.25, 0.3) is 0 Å². The molecule has 0 fully saturated rings. The first-order valence-electron chi connectivity index (χ1n) is 6.62. The van der Waals surface area contributed by atoms with Crippen molar-refractivity contribution in [2.75, 3.05) is 0 Å². The Bertz CT molecular complexity index is 336. The van der Waals surface area contributed by atoms with Gasteiger partial charge in [-0.15, -0.1) is 0 Å². The Kier molecular flexibility index (Phi) is 5.05. The van der Waals surface area contributed by atoms with Crippen molar-refractivity contribution < 1.29 is 0 Å². The van der Waals surface area contributed by atoms with Gasteiger partial charge in [0.1, 0.15) is 0 Å². The van der Waals surface area contributed by atoms with Crippen LogP contribution in [0, 0.1) is 26.7 Å². The van der Waals surface area contributed by atoms with E-state index in [0.29, 0.717) is 0 Å². The van der Waals surface area contributed by atoms with Gasteiger partial charge in [0.05, 0.1) is 0 Å². The van der Waals surface area contributed by atoms with E-state index >= 15 is 0 Å². The molecule has 0 saturated carbocycles. The quantitative estimate of drug-likeness (QED) is 0.654. The third-order valence-electron chi connectivity index (χ3n) is 3.92. The summed E-state index contributed by atoms with van der Waals surface area (Å²) in [7, 11) is 0. The van der Waals surface area contributed by atoms with Crippen molar-refractivity contribution in [1.29, 1.82) is 0 Å². The molecule has 1 unspecified atom stereocenters. The molecule has 0 radical (unpaired) electrons. The van der Waals surface area contributed by atoms with E-state index in [4.69, 9.17) is 0 Å². The molecule has 1 atom stereocenters. The van der Waals surface area contributed by atoms with Crippen molar-refractivity contribution in [3.8, 4) is 0 Å². The van der Waals surface area contributed by atoms with Crippen LogP contribution in [0.15, 0.2) is 12.1 Å². The molecule has 0 N–H and O–H groups in total. The Balaban J connectivity index is 2.63. The number of benzene rings is 1. The fourth-order valence-electron chi connectivity index (χ4n) is 2.23. The van der Waals surface area contributed by atoms with Crippen LogP contribution in [-0.4, -0.2) is 0 Å². The average Bonchev–Trinajstić information content (AvgIpc) is 2.28. The van der Waals surface area contributed by atoms with Crippen LogP contribution in [0.2, 0.25) is 0 Å². The molecule has 0 nitrogen and oxygen atoms in total. The molecule has 0 aliphatic rings. The zero-order valence-corrected chi connectivity index (χ0v) is 11.6. The fraction of sp³-hybridized carbons (Fsp3) is 0.625. The molecule has 1 aromatic carbocycles. The molecule has 0 aliphatic carbocycles. The van der Waals surface area contributed by atoms with E-state index in [1.54, 1.807) is 5.56 Å². The molecule has 0 spiro atoms. The van der Waals surface area contributed by atoms with E-state index < -0.39 is 0 Å². The first-order chi connectivity index (χ1) is 7.56. The zero-order chi connectivity index (χ0) is 12.1. The molecular weight excluding hydrogens is 192 g/mol. The number of aryl methyl sites for hydroxylation is 2. The molecule has 90 valence electrons. The van der Waals surface area contributed by atoms with Crippen LogP contribution in [0.3, 0.4) is 0 Å². The molecule has 0 heteroatoms. The summed E-state index contributed by atoms with van der Waals surface area (Å²) in [6.45, 7) is 11.4. The van der Waals surface area contributed by atoms with Crippen molar-refractivity contribution >= 4 is 0 Å². The molecule has 16 heavy (non-hydrogen) atoms. The van der Waals surface area contributed by atoms with Crippen molar-refractivity contribution in [2.45, 2.75) is 60.3 Å². The van der Waals surface area contributed by atoms with E-state index in [0.717, 1.165) is 5.92 Å². The van der Waals surface area contributed by atoms with Gasteiger partial charge >= 0.3 is 0 Å². The van der Waals surface area contributed by atoms with Gasteiger partial charge in [-0.25, -0.2) is 0 Å². The van der Waals surface area contributed by atoms with Crippen molar-refractivity contribution in [3.63, 3.8) is 0 Å². The third-order valence-corrected chi connectivity index (χ3v) is 3.92. The van der Waals surface area contributed by atoms with Crippen LogP contribution >= 0.6 is 0 Å². The number of hydrogen-bond acceptors (Lipinski definition) is 0. The Morgan fingerprint density at radius 2 is 1.69 bits per heavy atom. The minimum atomic E-state index is 0.880. The highest BCUT2D eigenvalue weighted by molar-refractivity contribution is 5.39. The van der Waals surface area contributed by atoms with Gasteiger partial charge in [0.2, 0.25) is 0 Å². The van der Waals surface area contributed by atoms with E-state index in [2.05, 4.69) is 46.8 Å². The summed E-state index contributed by atoms with van der Waals surface area (Å²) >= 11 is 0. The lowest BCUT2D eigenvalue weighted by Crippen LogP contribution is -1.99. The van der Waals surface area contributed by atoms with Crippen LogP contribution < -0.4 is 0 Å². The lowest BCUT2D eigenvalue weighted by Gasteiger charge is -2.13. The van der Waals surface area contributed by atoms with Crippen molar-refractivity contribution in [2.24, 2.45) is 5.92 Å². The van der Waals surface area contributed by atoms with Crippen molar-refractivity contribution in [3.05, 3.63) is 34.4 Å². The lowest BCUT2D eigenvalue weighted by atomic mass is 9.92. The van der Waals surface area contributed by atoms with E-state index in [1.807, 2.05) is 0 Å². The van der Waals surface area contributed by atoms with Gasteiger partial charge in [-0.05, 0) is 61.8 Å². The highest BCUT2D eigenvalue weighted by atomic mass is 14.1. The molecule has 1 aromatic rings. The van der Waals surface area contributed by atoms with Gasteiger partial charge in [-0.1, -0.05) is 38.8 Å². The van der Waals surface area contributed by atoms with Gasteiger partial charge < -0.3 is 0 Å². The SMILES string of the molecule is CCC(C)CCCc1c(C)ccc(C)c1C. The molecule has 0 bridgehead atoms. The van der Waals surface area contributed by atoms with Gasteiger partial charge in [0, 0.05) is 0 Å². The molecule has 0 aliphatic heterocycles. The van der Waals surface area contributed by atoms with E-state index in [1.165, 1.54) is 42.4 Å². The molecule has 1 rings (SSSR count). The van der Waals surface area contributed by atoms with Gasteiger partial charge in [-0.3, -0.25) is 0 Å². The molecule has 0 aromatic heterocycles. The van der Waals surface area contributed by atoms with E-state index in [9.17, 15) is 0 Å². The smallest absolute Gasteiger partial charge is 0.0273 e. The Morgan fingerprint density at radius 3 is 2.31 bits per heavy atom. The summed E-state index contributed by atoms with van der Waals surface area (Å²) < 4.78 is 0. The predicted octanol–water partition coefficient (Wildman–Crippen LogP) is 4.98. The highest BCUT2D eigenvalue weighted by Gasteiger charge is 2.06. The Labute approximate surface area is 101 Å². The zero-order valence-electron chi connectivity index (χ0n) is 11.6. The van der Waals surface area contributed by atoms with Crippen LogP contribution in [-0.2, 0) is 6.42 Å². The predicted molar refractivity (Wildman–Crippen MR) is 73.0 cm³/mol. The van der Waals surface area contributed by atoms with Crippen LogP contribution in [0.1, 0.15) is 55.4 Å². The van der Waals surface area contributed by atoms with Crippen LogP contribution in [0.4, 0.5) is 0 Å². The van der Waals surface area contributed by atoms with Gasteiger partial charge in [0.15, 0.2) is 0 Å². The highest BCUT2D eigenvalue weighted by Crippen LogP contribution is 2.21. The standard InChI is InChI=1S/C16H26/c1-6-12(2)8-7-9-16-14(4)11-10-13(3)15(16)5/h10-12H,6-9H2,1-5H3. The molecule has 0 amide bonds. The maximum absolute atomic E-state index is 2.36. The number of rotatable bonds is 5.